The molecule has 0 bridgehead atoms. The van der Waals surface area contributed by atoms with Crippen LogP contribution in [0.2, 0.25) is 0 Å². The van der Waals surface area contributed by atoms with E-state index in [-0.39, 0.29) is 0 Å². The van der Waals surface area contributed by atoms with Crippen LogP contribution in [0.5, 0.6) is 0 Å². The zero-order valence-electron chi connectivity index (χ0n) is 13.3. The van der Waals surface area contributed by atoms with E-state index in [4.69, 9.17) is 15.1 Å². The molecule has 0 saturated heterocycles. The van der Waals surface area contributed by atoms with Crippen molar-refractivity contribution in [3.8, 4) is 22.7 Å². The van der Waals surface area contributed by atoms with Gasteiger partial charge in [0.2, 0.25) is 0 Å². The molecule has 0 aliphatic rings. The first-order valence-corrected chi connectivity index (χ1v) is 8.95. The zero-order chi connectivity index (χ0) is 16.8. The van der Waals surface area contributed by atoms with E-state index in [0.717, 1.165) is 33.4 Å². The van der Waals surface area contributed by atoms with E-state index < -0.39 is 0 Å². The maximum Gasteiger partial charge on any atom is 0.195 e. The van der Waals surface area contributed by atoms with E-state index in [0.29, 0.717) is 6.54 Å². The normalized spacial score (nSPS) is 11.6. The van der Waals surface area contributed by atoms with Gasteiger partial charge in [-0.15, -0.1) is 11.3 Å². The largest absolute Gasteiger partial charge is 0.463 e. The van der Waals surface area contributed by atoms with Crippen LogP contribution in [0.4, 0.5) is 0 Å². The summed E-state index contributed by atoms with van der Waals surface area (Å²) in [6.45, 7) is 0.410. The molecule has 5 rings (SSSR count). The summed E-state index contributed by atoms with van der Waals surface area (Å²) in [5, 5.41) is 4.48. The van der Waals surface area contributed by atoms with Gasteiger partial charge in [0, 0.05) is 17.5 Å². The Morgan fingerprint density at radius 3 is 2.72 bits per heavy atom. The van der Waals surface area contributed by atoms with Gasteiger partial charge >= 0.3 is 0 Å². The van der Waals surface area contributed by atoms with Crippen molar-refractivity contribution < 1.29 is 4.42 Å². The first-order valence-electron chi connectivity index (χ1n) is 8.07. The molecular formula is C20H15N3OS. The molecule has 0 saturated carbocycles. The van der Waals surface area contributed by atoms with Gasteiger partial charge < -0.3 is 10.2 Å². The molecule has 0 aliphatic heterocycles. The number of rotatable bonds is 3. The van der Waals surface area contributed by atoms with Gasteiger partial charge in [0.05, 0.1) is 17.7 Å². The molecule has 0 fully saturated rings. The average molecular weight is 345 g/mol. The topological polar surface area (TPSA) is 56.5 Å². The highest BCUT2D eigenvalue weighted by Crippen LogP contribution is 2.33. The molecule has 2 aromatic carbocycles. The van der Waals surface area contributed by atoms with Crippen LogP contribution in [0.1, 0.15) is 5.69 Å². The average Bonchev–Trinajstić information content (AvgIpc) is 3.37. The molecule has 2 N–H and O–H groups in total. The Labute approximate surface area is 148 Å². The van der Waals surface area contributed by atoms with Crippen molar-refractivity contribution in [3.63, 3.8) is 0 Å². The molecule has 4 nitrogen and oxygen atoms in total. The fraction of sp³-hybridized carbons (Fsp3) is 0.0500. The Bertz CT molecular complexity index is 1180. The van der Waals surface area contributed by atoms with Crippen molar-refractivity contribution in [2.24, 2.45) is 5.73 Å². The first kappa shape index (κ1) is 14.5. The lowest BCUT2D eigenvalue weighted by molar-refractivity contribution is 0.579. The fourth-order valence-corrected chi connectivity index (χ4v) is 4.17. The van der Waals surface area contributed by atoms with Crippen molar-refractivity contribution in [1.29, 1.82) is 0 Å². The summed E-state index contributed by atoms with van der Waals surface area (Å²) < 4.78 is 7.68. The van der Waals surface area contributed by atoms with E-state index in [1.54, 1.807) is 17.6 Å². The highest BCUT2D eigenvalue weighted by molar-refractivity contribution is 7.15. The number of imidazole rings is 1. The molecular weight excluding hydrogens is 330 g/mol. The summed E-state index contributed by atoms with van der Waals surface area (Å²) in [5.41, 5.74) is 10.1. The third kappa shape index (κ3) is 2.21. The van der Waals surface area contributed by atoms with E-state index in [1.807, 2.05) is 12.1 Å². The van der Waals surface area contributed by atoms with E-state index in [1.165, 1.54) is 10.8 Å². The smallest absolute Gasteiger partial charge is 0.195 e. The predicted molar refractivity (Wildman–Crippen MR) is 102 cm³/mol. The number of hydrogen-bond acceptors (Lipinski definition) is 4. The molecule has 0 aliphatic carbocycles. The molecule has 3 heterocycles. The molecule has 0 atom stereocenters. The van der Waals surface area contributed by atoms with Gasteiger partial charge in [-0.3, -0.25) is 4.40 Å². The van der Waals surface area contributed by atoms with Crippen molar-refractivity contribution in [1.82, 2.24) is 9.38 Å². The second-order valence-corrected chi connectivity index (χ2v) is 6.73. The number of fused-ring (bicyclic) bond motifs is 2. The van der Waals surface area contributed by atoms with E-state index in [9.17, 15) is 0 Å². The van der Waals surface area contributed by atoms with Crippen molar-refractivity contribution >= 4 is 27.1 Å². The minimum absolute atomic E-state index is 0.410. The number of thiazole rings is 1. The van der Waals surface area contributed by atoms with Crippen molar-refractivity contribution in [2.45, 2.75) is 6.54 Å². The Kier molecular flexibility index (Phi) is 3.23. The minimum atomic E-state index is 0.410. The SMILES string of the molecule is NCc1c(-c2ccc3ccccc3c2)nc2scc(-c3ccco3)n12. The van der Waals surface area contributed by atoms with Crippen LogP contribution >= 0.6 is 11.3 Å². The van der Waals surface area contributed by atoms with Gasteiger partial charge in [-0.25, -0.2) is 4.98 Å². The molecule has 25 heavy (non-hydrogen) atoms. The number of furan rings is 1. The van der Waals surface area contributed by atoms with Crippen LogP contribution in [0.3, 0.4) is 0 Å². The van der Waals surface area contributed by atoms with Gasteiger partial charge in [0.15, 0.2) is 10.7 Å². The fourth-order valence-electron chi connectivity index (χ4n) is 3.27. The number of benzene rings is 2. The standard InChI is InChI=1S/C20H15N3OS/c21-11-16-19(15-8-7-13-4-1-2-5-14(13)10-15)22-20-23(16)17(12-25-20)18-6-3-9-24-18/h1-10,12H,11,21H2. The van der Waals surface area contributed by atoms with Gasteiger partial charge in [0.1, 0.15) is 5.69 Å². The van der Waals surface area contributed by atoms with Gasteiger partial charge in [-0.1, -0.05) is 36.4 Å². The zero-order valence-corrected chi connectivity index (χ0v) is 14.2. The highest BCUT2D eigenvalue weighted by atomic mass is 32.1. The van der Waals surface area contributed by atoms with Crippen LogP contribution in [0, 0.1) is 0 Å². The summed E-state index contributed by atoms with van der Waals surface area (Å²) in [6, 6.07) is 18.6. The van der Waals surface area contributed by atoms with Crippen molar-refractivity contribution in [2.75, 3.05) is 0 Å². The maximum absolute atomic E-state index is 6.11. The van der Waals surface area contributed by atoms with Gasteiger partial charge in [0.25, 0.3) is 0 Å². The molecule has 0 radical (unpaired) electrons. The number of nitrogens with zero attached hydrogens (tertiary/aromatic N) is 2. The Morgan fingerprint density at radius 2 is 1.92 bits per heavy atom. The summed E-state index contributed by atoms with van der Waals surface area (Å²) in [6.07, 6.45) is 1.68. The molecule has 122 valence electrons. The van der Waals surface area contributed by atoms with Crippen LogP contribution in [-0.4, -0.2) is 9.38 Å². The van der Waals surface area contributed by atoms with Gasteiger partial charge in [-0.05, 0) is 29.0 Å². The van der Waals surface area contributed by atoms with Crippen LogP contribution in [0.25, 0.3) is 38.4 Å². The highest BCUT2D eigenvalue weighted by Gasteiger charge is 2.19. The summed E-state index contributed by atoms with van der Waals surface area (Å²) in [7, 11) is 0. The monoisotopic (exact) mass is 345 g/mol. The van der Waals surface area contributed by atoms with E-state index in [2.05, 4.69) is 52.2 Å². The van der Waals surface area contributed by atoms with Crippen LogP contribution in [0.15, 0.2) is 70.7 Å². The Balaban J connectivity index is 1.75. The maximum atomic E-state index is 6.11. The molecule has 0 unspecified atom stereocenters. The molecule has 5 aromatic rings. The lowest BCUT2D eigenvalue weighted by Gasteiger charge is -2.05. The minimum Gasteiger partial charge on any atom is -0.463 e. The van der Waals surface area contributed by atoms with E-state index >= 15 is 0 Å². The third-order valence-corrected chi connectivity index (χ3v) is 5.27. The Hall–Kier alpha value is -2.89. The number of hydrogen-bond donors (Lipinski definition) is 1. The van der Waals surface area contributed by atoms with Gasteiger partial charge in [-0.2, -0.15) is 0 Å². The molecule has 3 aromatic heterocycles. The lowest BCUT2D eigenvalue weighted by Crippen LogP contribution is -2.03. The van der Waals surface area contributed by atoms with Crippen LogP contribution in [-0.2, 0) is 6.54 Å². The first-order chi connectivity index (χ1) is 12.3. The number of aromatic nitrogens is 2. The second kappa shape index (κ2) is 5.58. The number of nitrogens with two attached hydrogens (primary N) is 1. The lowest BCUT2D eigenvalue weighted by atomic mass is 10.0. The summed E-state index contributed by atoms with van der Waals surface area (Å²) in [4.78, 5) is 5.78. The quantitative estimate of drug-likeness (QED) is 0.504. The Morgan fingerprint density at radius 1 is 1.04 bits per heavy atom. The molecule has 0 spiro atoms. The summed E-state index contributed by atoms with van der Waals surface area (Å²) in [5.74, 6) is 0.823. The molecule has 0 amide bonds. The summed E-state index contributed by atoms with van der Waals surface area (Å²) >= 11 is 1.60. The molecule has 5 heteroatoms. The third-order valence-electron chi connectivity index (χ3n) is 4.45. The predicted octanol–water partition coefficient (Wildman–Crippen LogP) is 4.93. The van der Waals surface area contributed by atoms with Crippen molar-refractivity contribution in [3.05, 3.63) is 71.9 Å². The second-order valence-electron chi connectivity index (χ2n) is 5.89. The van der Waals surface area contributed by atoms with Crippen LogP contribution < -0.4 is 5.73 Å².